The van der Waals surface area contributed by atoms with Gasteiger partial charge in [-0.1, -0.05) is 0 Å². The van der Waals surface area contributed by atoms with E-state index in [1.54, 1.807) is 0 Å². The largest absolute Gasteiger partial charge is 0.475 e. The number of carbonyl (C=O) groups is 1. The molecule has 19 nitrogen and oxygen atoms in total. The van der Waals surface area contributed by atoms with Gasteiger partial charge in [0, 0.05) is 0 Å². The number of hydrogen-bond donors (Lipinski definition) is 7. The van der Waals surface area contributed by atoms with Crippen LogP contribution < -0.4 is 5.14 Å². The molecule has 0 radical (unpaired) electrons. The van der Waals surface area contributed by atoms with Crippen LogP contribution in [0.2, 0.25) is 0 Å². The van der Waals surface area contributed by atoms with Crippen LogP contribution in [0.1, 0.15) is 0 Å². The van der Waals surface area contributed by atoms with Crippen LogP contribution in [-0.4, -0.2) is 116 Å². The van der Waals surface area contributed by atoms with Crippen LogP contribution in [0.4, 0.5) is 0 Å². The van der Waals surface area contributed by atoms with Gasteiger partial charge in [0.05, 0.1) is 6.61 Å². The Bertz CT molecular complexity index is 1110. The molecule has 2 aliphatic heterocycles. The number of sulfonamides is 1. The van der Waals surface area contributed by atoms with Crippen LogP contribution in [0.15, 0.2) is 11.8 Å². The molecule has 0 unspecified atom stereocenters. The third-order valence-electron chi connectivity index (χ3n) is 4.30. The number of carboxylic acids is 1. The summed E-state index contributed by atoms with van der Waals surface area (Å²) in [4.78, 5) is 11.2. The van der Waals surface area contributed by atoms with E-state index in [0.29, 0.717) is 6.08 Å². The Labute approximate surface area is 191 Å². The van der Waals surface area contributed by atoms with E-state index < -0.39 is 97.5 Å². The molecule has 8 atom stereocenters. The Morgan fingerprint density at radius 2 is 1.62 bits per heavy atom. The van der Waals surface area contributed by atoms with Crippen LogP contribution in [0.5, 0.6) is 0 Å². The monoisotopic (exact) mass is 561 g/mol. The molecule has 2 rings (SSSR count). The number of aliphatic hydroxyl groups is 3. The maximum absolute atomic E-state index is 11.8. The molecule has 2 heterocycles. The molecule has 0 aliphatic carbocycles. The number of carboxylic acid groups (broad SMARTS) is 1. The van der Waals surface area contributed by atoms with E-state index in [-0.39, 0.29) is 0 Å². The molecule has 0 aromatic carbocycles. The fourth-order valence-corrected chi connectivity index (χ4v) is 4.71. The Hall–Kier alpha value is -1.54. The summed E-state index contributed by atoms with van der Waals surface area (Å²) in [7, 11) is -15.3. The molecule has 0 aromatic heterocycles. The van der Waals surface area contributed by atoms with Crippen molar-refractivity contribution in [2.45, 2.75) is 48.3 Å². The zero-order valence-corrected chi connectivity index (χ0v) is 18.7. The minimum absolute atomic E-state index is 0.446. The fraction of sp³-hybridized carbons (Fsp3) is 0.750. The topological polar surface area (TPSA) is 313 Å². The van der Waals surface area contributed by atoms with Gasteiger partial charge in [0.2, 0.25) is 22.1 Å². The lowest BCUT2D eigenvalue weighted by Gasteiger charge is -2.43. The van der Waals surface area contributed by atoms with Gasteiger partial charge < -0.3 is 34.6 Å². The lowest BCUT2D eigenvalue weighted by Crippen LogP contribution is -2.64. The minimum Gasteiger partial charge on any atom is -0.475 e. The van der Waals surface area contributed by atoms with Crippen molar-refractivity contribution in [2.75, 3.05) is 6.61 Å². The highest BCUT2D eigenvalue weighted by Crippen LogP contribution is 2.31. The number of nitrogens with two attached hydrogens (primary N) is 1. The molecule has 8 N–H and O–H groups in total. The van der Waals surface area contributed by atoms with Gasteiger partial charge in [-0.2, -0.15) is 16.8 Å². The molecule has 0 aromatic rings. The van der Waals surface area contributed by atoms with Crippen molar-refractivity contribution in [3.8, 4) is 0 Å². The van der Waals surface area contributed by atoms with Crippen molar-refractivity contribution in [1.29, 1.82) is 0 Å². The second-order valence-corrected chi connectivity index (χ2v) is 10.6. The highest BCUT2D eigenvalue weighted by Gasteiger charge is 2.53. The SMILES string of the molecule is NS(=O)(=O)[C@@H]1[C@@H](O)[C@H](O[C@@H]2OC(C(=O)O)=C[C@H](O)[C@H]2OS(=O)(=O)O)[C@@H](COS(=O)(=O)O)O[C@@H]1O. The summed E-state index contributed by atoms with van der Waals surface area (Å²) < 4.78 is 108. The van der Waals surface area contributed by atoms with Gasteiger partial charge in [-0.15, -0.1) is 0 Å². The average Bonchev–Trinajstić information content (AvgIpc) is 2.62. The lowest BCUT2D eigenvalue weighted by molar-refractivity contribution is -0.294. The molecule has 0 saturated carbocycles. The quantitative estimate of drug-likeness (QED) is 0.129. The second kappa shape index (κ2) is 10.2. The summed E-state index contributed by atoms with van der Waals surface area (Å²) in [5.74, 6) is -2.87. The molecule has 0 spiro atoms. The van der Waals surface area contributed by atoms with Crippen molar-refractivity contribution in [3.63, 3.8) is 0 Å². The normalized spacial score (nSPS) is 35.3. The highest BCUT2D eigenvalue weighted by molar-refractivity contribution is 7.89. The first-order valence-corrected chi connectivity index (χ1v) is 12.9. The molecular formula is C12H19NO18S3. The molecule has 0 bridgehead atoms. The van der Waals surface area contributed by atoms with Crippen molar-refractivity contribution in [3.05, 3.63) is 11.8 Å². The van der Waals surface area contributed by atoms with Gasteiger partial charge in [0.25, 0.3) is 0 Å². The predicted octanol–water partition coefficient (Wildman–Crippen LogP) is -5.20. The first-order valence-electron chi connectivity index (χ1n) is 8.56. The summed E-state index contributed by atoms with van der Waals surface area (Å²) in [6, 6.07) is 0. The average molecular weight is 561 g/mol. The van der Waals surface area contributed by atoms with Crippen LogP contribution in [0.25, 0.3) is 0 Å². The summed E-state index contributed by atoms with van der Waals surface area (Å²) >= 11 is 0. The van der Waals surface area contributed by atoms with E-state index in [1.165, 1.54) is 0 Å². The van der Waals surface area contributed by atoms with E-state index in [2.05, 4.69) is 8.37 Å². The van der Waals surface area contributed by atoms with Gasteiger partial charge >= 0.3 is 26.8 Å². The van der Waals surface area contributed by atoms with Crippen LogP contribution >= 0.6 is 0 Å². The molecule has 1 fully saturated rings. The molecule has 198 valence electrons. The summed E-state index contributed by atoms with van der Waals surface area (Å²) in [6.45, 7) is -1.25. The minimum atomic E-state index is -5.35. The standard InChI is InChI=1S/C12H19NO18S3/c13-32(19,20)9-6(15)8(5(28-11(9)18)2-27-33(21,22)23)30-12-7(31-34(24,25)26)3(14)1-4(29-12)10(16)17/h1,3,5-9,11-12,14-15,18H,2H2,(H,16,17)(H2,13,19,20)(H,21,22,23)(H,24,25,26)/t3-,5+,6-,7+,8+,9+,11-,12-/m0/s1. The zero-order valence-electron chi connectivity index (χ0n) is 16.3. The van der Waals surface area contributed by atoms with Crippen LogP contribution in [-0.2, 0) is 58.2 Å². The Morgan fingerprint density at radius 3 is 2.09 bits per heavy atom. The van der Waals surface area contributed by atoms with Gasteiger partial charge in [-0.05, 0) is 6.08 Å². The zero-order chi connectivity index (χ0) is 26.2. The summed E-state index contributed by atoms with van der Waals surface area (Å²) in [5.41, 5.74) is 0. The third-order valence-corrected chi connectivity index (χ3v) is 6.47. The number of hydrogen-bond acceptors (Lipinski definition) is 15. The molecule has 22 heteroatoms. The number of ether oxygens (including phenoxy) is 3. The first kappa shape index (κ1) is 28.7. The van der Waals surface area contributed by atoms with Crippen LogP contribution in [0.3, 0.4) is 0 Å². The number of rotatable bonds is 9. The van der Waals surface area contributed by atoms with Crippen molar-refractivity contribution >= 4 is 36.8 Å². The fourth-order valence-electron chi connectivity index (χ4n) is 2.99. The van der Waals surface area contributed by atoms with Gasteiger partial charge in [0.15, 0.2) is 17.6 Å². The van der Waals surface area contributed by atoms with Crippen molar-refractivity contribution in [1.82, 2.24) is 0 Å². The Balaban J connectivity index is 2.46. The van der Waals surface area contributed by atoms with E-state index in [0.717, 1.165) is 0 Å². The summed E-state index contributed by atoms with van der Waals surface area (Å²) in [5, 5.41) is 42.0. The maximum atomic E-state index is 11.8. The Kier molecular flexibility index (Phi) is 8.62. The smallest absolute Gasteiger partial charge is 0.397 e. The van der Waals surface area contributed by atoms with Crippen molar-refractivity contribution in [2.24, 2.45) is 5.14 Å². The summed E-state index contributed by atoms with van der Waals surface area (Å²) in [6.07, 6.45) is -15.3. The number of aliphatic hydroxyl groups excluding tert-OH is 3. The second-order valence-electron chi connectivity index (χ2n) is 6.72. The van der Waals surface area contributed by atoms with E-state index >= 15 is 0 Å². The molecule has 1 saturated heterocycles. The van der Waals surface area contributed by atoms with Gasteiger partial charge in [0.1, 0.15) is 24.4 Å². The van der Waals surface area contributed by atoms with E-state index in [4.69, 9.17) is 33.6 Å². The van der Waals surface area contributed by atoms with Crippen LogP contribution in [0, 0.1) is 0 Å². The van der Waals surface area contributed by atoms with Crippen molar-refractivity contribution < 1.29 is 82.2 Å². The molecule has 34 heavy (non-hydrogen) atoms. The van der Waals surface area contributed by atoms with Gasteiger partial charge in [-0.25, -0.2) is 26.7 Å². The predicted molar refractivity (Wildman–Crippen MR) is 99.2 cm³/mol. The molecular weight excluding hydrogens is 542 g/mol. The first-order chi connectivity index (χ1) is 15.3. The maximum Gasteiger partial charge on any atom is 0.397 e. The van der Waals surface area contributed by atoms with E-state index in [9.17, 15) is 45.4 Å². The number of primary sulfonamides is 1. The molecule has 0 amide bonds. The van der Waals surface area contributed by atoms with E-state index in [1.807, 2.05) is 0 Å². The highest BCUT2D eigenvalue weighted by atomic mass is 32.3. The Morgan fingerprint density at radius 1 is 1.03 bits per heavy atom. The third kappa shape index (κ3) is 7.48. The lowest BCUT2D eigenvalue weighted by atomic mass is 10.0. The number of aliphatic carboxylic acids is 1. The van der Waals surface area contributed by atoms with Gasteiger partial charge in [-0.3, -0.25) is 9.11 Å². The molecule has 2 aliphatic rings.